The minimum atomic E-state index is -0.391. The van der Waals surface area contributed by atoms with Crippen LogP contribution in [0.25, 0.3) is 0 Å². The van der Waals surface area contributed by atoms with E-state index in [0.29, 0.717) is 5.56 Å². The first kappa shape index (κ1) is 13.8. The smallest absolute Gasteiger partial charge is 0.328 e. The third-order valence-electron chi connectivity index (χ3n) is 3.96. The summed E-state index contributed by atoms with van der Waals surface area (Å²) in [7, 11) is 1.37. The molecular weight excluding hydrogens is 242 g/mol. The Labute approximate surface area is 113 Å². The summed E-state index contributed by atoms with van der Waals surface area (Å²) in [4.78, 5) is 23.8. The van der Waals surface area contributed by atoms with Crippen molar-refractivity contribution in [2.24, 2.45) is 5.92 Å². The van der Waals surface area contributed by atoms with Crippen LogP contribution in [0.1, 0.15) is 55.4 Å². The zero-order chi connectivity index (χ0) is 13.8. The van der Waals surface area contributed by atoms with Crippen molar-refractivity contribution in [3.8, 4) is 0 Å². The Morgan fingerprint density at radius 3 is 2.63 bits per heavy atom. The number of rotatable bonds is 4. The molecule has 1 heterocycles. The lowest BCUT2D eigenvalue weighted by Gasteiger charge is -2.19. The van der Waals surface area contributed by atoms with Crippen LogP contribution in [0.4, 0.5) is 0 Å². The van der Waals surface area contributed by atoms with Gasteiger partial charge in [-0.25, -0.2) is 4.79 Å². The molecule has 1 aliphatic rings. The van der Waals surface area contributed by atoms with Crippen LogP contribution in [0.3, 0.4) is 0 Å². The van der Waals surface area contributed by atoms with Gasteiger partial charge in [0.25, 0.3) is 0 Å². The van der Waals surface area contributed by atoms with Crippen LogP contribution >= 0.6 is 0 Å². The lowest BCUT2D eigenvalue weighted by molar-refractivity contribution is -0.144. The van der Waals surface area contributed by atoms with E-state index in [0.717, 1.165) is 25.7 Å². The Morgan fingerprint density at radius 2 is 2.00 bits per heavy atom. The summed E-state index contributed by atoms with van der Waals surface area (Å²) in [6.07, 6.45) is 9.07. The molecule has 1 fully saturated rings. The van der Waals surface area contributed by atoms with E-state index in [4.69, 9.17) is 4.74 Å². The fourth-order valence-electron chi connectivity index (χ4n) is 2.69. The predicted octanol–water partition coefficient (Wildman–Crippen LogP) is 2.99. The maximum atomic E-state index is 12.3. The molecule has 104 valence electrons. The Bertz CT molecular complexity index is 458. The van der Waals surface area contributed by atoms with E-state index in [-0.39, 0.29) is 17.7 Å². The van der Waals surface area contributed by atoms with Crippen LogP contribution in [0, 0.1) is 5.92 Å². The Morgan fingerprint density at radius 1 is 1.32 bits per heavy atom. The Balaban J connectivity index is 2.07. The normalized spacial score (nSPS) is 18.0. The van der Waals surface area contributed by atoms with E-state index < -0.39 is 6.04 Å². The second-order valence-electron chi connectivity index (χ2n) is 5.25. The summed E-state index contributed by atoms with van der Waals surface area (Å²) in [5, 5.41) is 0. The van der Waals surface area contributed by atoms with Crippen LogP contribution in [0.15, 0.2) is 18.5 Å². The average Bonchev–Trinajstić information content (AvgIpc) is 2.95. The van der Waals surface area contributed by atoms with Crippen molar-refractivity contribution in [3.63, 3.8) is 0 Å². The molecule has 2 rings (SSSR count). The molecule has 0 bridgehead atoms. The zero-order valence-electron chi connectivity index (χ0n) is 11.6. The highest BCUT2D eigenvalue weighted by Gasteiger charge is 2.24. The molecule has 1 saturated carbocycles. The first-order valence-electron chi connectivity index (χ1n) is 6.93. The van der Waals surface area contributed by atoms with Crippen molar-refractivity contribution >= 4 is 11.8 Å². The number of methoxy groups -OCH3 is 1. The van der Waals surface area contributed by atoms with Gasteiger partial charge in [-0.3, -0.25) is 4.79 Å². The van der Waals surface area contributed by atoms with Gasteiger partial charge in [-0.15, -0.1) is 0 Å². The standard InChI is InChI=1S/C15H21NO3/c1-11(15(18)19-2)16-9-8-13(10-16)14(17)12-6-4-3-5-7-12/h8-12H,3-7H2,1-2H3/t11-/m0/s1. The predicted molar refractivity (Wildman–Crippen MR) is 72.1 cm³/mol. The van der Waals surface area contributed by atoms with Gasteiger partial charge in [0.05, 0.1) is 7.11 Å². The van der Waals surface area contributed by atoms with Gasteiger partial charge in [-0.05, 0) is 25.8 Å². The molecule has 0 aromatic carbocycles. The summed E-state index contributed by atoms with van der Waals surface area (Å²) >= 11 is 0. The number of carbonyl (C=O) groups is 2. The highest BCUT2D eigenvalue weighted by atomic mass is 16.5. The summed E-state index contributed by atoms with van der Waals surface area (Å²) in [5.41, 5.74) is 0.711. The van der Waals surface area contributed by atoms with Gasteiger partial charge in [-0.1, -0.05) is 19.3 Å². The van der Waals surface area contributed by atoms with Crippen molar-refractivity contribution in [2.75, 3.05) is 7.11 Å². The molecule has 0 radical (unpaired) electrons. The largest absolute Gasteiger partial charge is 0.467 e. The van der Waals surface area contributed by atoms with Crippen molar-refractivity contribution in [1.82, 2.24) is 4.57 Å². The average molecular weight is 263 g/mol. The molecular formula is C15H21NO3. The number of hydrogen-bond acceptors (Lipinski definition) is 3. The minimum Gasteiger partial charge on any atom is -0.467 e. The maximum Gasteiger partial charge on any atom is 0.328 e. The monoisotopic (exact) mass is 263 g/mol. The van der Waals surface area contributed by atoms with Crippen molar-refractivity contribution in [1.29, 1.82) is 0 Å². The first-order chi connectivity index (χ1) is 9.13. The summed E-state index contributed by atoms with van der Waals surface area (Å²) in [5.74, 6) is 0.0841. The number of ketones is 1. The molecule has 19 heavy (non-hydrogen) atoms. The maximum absolute atomic E-state index is 12.3. The van der Waals surface area contributed by atoms with Crippen LogP contribution in [-0.2, 0) is 9.53 Å². The van der Waals surface area contributed by atoms with Gasteiger partial charge in [0.15, 0.2) is 5.78 Å². The van der Waals surface area contributed by atoms with Crippen LogP contribution in [0.5, 0.6) is 0 Å². The molecule has 4 heteroatoms. The van der Waals surface area contributed by atoms with Gasteiger partial charge < -0.3 is 9.30 Å². The van der Waals surface area contributed by atoms with Crippen molar-refractivity contribution in [3.05, 3.63) is 24.0 Å². The Kier molecular flexibility index (Phi) is 4.40. The molecule has 1 atom stereocenters. The summed E-state index contributed by atoms with van der Waals surface area (Å²) in [6, 6.07) is 1.41. The molecule has 0 aliphatic heterocycles. The highest BCUT2D eigenvalue weighted by Crippen LogP contribution is 2.27. The van der Waals surface area contributed by atoms with Crippen LogP contribution < -0.4 is 0 Å². The lowest BCUT2D eigenvalue weighted by Crippen LogP contribution is -2.18. The molecule has 0 amide bonds. The van der Waals surface area contributed by atoms with Crippen LogP contribution in [0.2, 0.25) is 0 Å². The van der Waals surface area contributed by atoms with Gasteiger partial charge in [0.1, 0.15) is 6.04 Å². The molecule has 1 aromatic rings. The highest BCUT2D eigenvalue weighted by molar-refractivity contribution is 5.97. The number of ether oxygens (including phenoxy) is 1. The van der Waals surface area contributed by atoms with Gasteiger partial charge in [0, 0.05) is 23.9 Å². The number of carbonyl (C=O) groups excluding carboxylic acids is 2. The molecule has 1 aliphatic carbocycles. The molecule has 0 unspecified atom stereocenters. The van der Waals surface area contributed by atoms with Gasteiger partial charge >= 0.3 is 5.97 Å². The zero-order valence-corrected chi connectivity index (χ0v) is 11.6. The number of hydrogen-bond donors (Lipinski definition) is 0. The second-order valence-corrected chi connectivity index (χ2v) is 5.25. The molecule has 0 spiro atoms. The van der Waals surface area contributed by atoms with E-state index in [1.54, 1.807) is 30.0 Å². The fourth-order valence-corrected chi connectivity index (χ4v) is 2.69. The summed E-state index contributed by atoms with van der Waals surface area (Å²) < 4.78 is 6.45. The first-order valence-corrected chi connectivity index (χ1v) is 6.93. The van der Waals surface area contributed by atoms with Crippen LogP contribution in [-0.4, -0.2) is 23.4 Å². The molecule has 0 N–H and O–H groups in total. The third kappa shape index (κ3) is 3.06. The van der Waals surface area contributed by atoms with Gasteiger partial charge in [-0.2, -0.15) is 0 Å². The van der Waals surface area contributed by atoms with E-state index in [2.05, 4.69) is 0 Å². The number of Topliss-reactive ketones (excluding diaryl/α,β-unsaturated/α-hetero) is 1. The molecule has 0 saturated heterocycles. The van der Waals surface area contributed by atoms with Crippen molar-refractivity contribution in [2.45, 2.75) is 45.1 Å². The Hall–Kier alpha value is -1.58. The summed E-state index contributed by atoms with van der Waals surface area (Å²) in [6.45, 7) is 1.76. The topological polar surface area (TPSA) is 48.3 Å². The second kappa shape index (κ2) is 6.04. The van der Waals surface area contributed by atoms with Crippen molar-refractivity contribution < 1.29 is 14.3 Å². The quantitative estimate of drug-likeness (QED) is 0.620. The SMILES string of the molecule is COC(=O)[C@H](C)n1ccc(C(=O)C2CCCCC2)c1. The number of esters is 1. The van der Waals surface area contributed by atoms with Gasteiger partial charge in [0.2, 0.25) is 0 Å². The minimum absolute atomic E-state index is 0.165. The van der Waals surface area contributed by atoms with E-state index in [1.165, 1.54) is 13.5 Å². The van der Waals surface area contributed by atoms with E-state index in [9.17, 15) is 9.59 Å². The molecule has 1 aromatic heterocycles. The third-order valence-corrected chi connectivity index (χ3v) is 3.96. The van der Waals surface area contributed by atoms with E-state index >= 15 is 0 Å². The van der Waals surface area contributed by atoms with E-state index in [1.807, 2.05) is 0 Å². The lowest BCUT2D eigenvalue weighted by atomic mass is 9.84. The molecule has 4 nitrogen and oxygen atoms in total. The fraction of sp³-hybridized carbons (Fsp3) is 0.600. The number of aromatic nitrogens is 1. The number of nitrogens with zero attached hydrogens (tertiary/aromatic N) is 1.